The van der Waals surface area contributed by atoms with Gasteiger partial charge in [-0.2, -0.15) is 9.46 Å². The maximum atomic E-state index is 10.8. The van der Waals surface area contributed by atoms with Gasteiger partial charge in [-0.3, -0.25) is 20.2 Å². The van der Waals surface area contributed by atoms with Crippen molar-refractivity contribution >= 4 is 49.4 Å². The lowest BCUT2D eigenvalue weighted by molar-refractivity contribution is -0.384. The summed E-state index contributed by atoms with van der Waals surface area (Å²) in [5, 5.41) is 41.9. The Bertz CT molecular complexity index is 2040. The summed E-state index contributed by atoms with van der Waals surface area (Å²) in [5.74, 6) is 6.41. The Morgan fingerprint density at radius 3 is 1.55 bits per heavy atom. The van der Waals surface area contributed by atoms with Gasteiger partial charge < -0.3 is 10.4 Å². The van der Waals surface area contributed by atoms with Gasteiger partial charge in [-0.25, -0.2) is 9.97 Å². The second-order valence-electron chi connectivity index (χ2n) is 8.81. The van der Waals surface area contributed by atoms with Crippen LogP contribution in [0.15, 0.2) is 89.4 Å². The van der Waals surface area contributed by atoms with E-state index < -0.39 is 9.85 Å². The van der Waals surface area contributed by atoms with E-state index in [1.807, 2.05) is 24.3 Å². The molecule has 42 heavy (non-hydrogen) atoms. The molecule has 2 N–H and O–H groups in total. The van der Waals surface area contributed by atoms with Gasteiger partial charge in [0.2, 0.25) is 0 Å². The number of benzene rings is 4. The van der Waals surface area contributed by atoms with E-state index in [9.17, 15) is 30.6 Å². The van der Waals surface area contributed by atoms with Crippen molar-refractivity contribution in [2.75, 3.05) is 0 Å². The second-order valence-corrected chi connectivity index (χ2v) is 9.73. The molecule has 12 nitrogen and oxygen atoms in total. The molecule has 2 heterocycles. The number of rotatable bonds is 4. The molecule has 6 rings (SSSR count). The number of nitrogens with zero attached hydrogens (tertiary/aromatic N) is 6. The van der Waals surface area contributed by atoms with Gasteiger partial charge in [-0.15, -0.1) is 5.92 Å². The van der Waals surface area contributed by atoms with Crippen molar-refractivity contribution in [1.29, 1.82) is 0 Å². The van der Waals surface area contributed by atoms with Crippen LogP contribution in [-0.4, -0.2) is 39.7 Å². The minimum Gasteiger partial charge on any atom is -0.426 e. The van der Waals surface area contributed by atoms with Crippen LogP contribution in [0.5, 0.6) is 0 Å². The van der Waals surface area contributed by atoms with Crippen LogP contribution in [-0.2, 0) is 0 Å². The van der Waals surface area contributed by atoms with E-state index in [0.717, 1.165) is 25.1 Å². The number of aromatic nitrogens is 4. The quantitative estimate of drug-likeness (QED) is 0.0930. The van der Waals surface area contributed by atoms with Crippen molar-refractivity contribution in [2.24, 2.45) is 0 Å². The van der Waals surface area contributed by atoms with Crippen LogP contribution in [0.2, 0.25) is 0 Å². The van der Waals surface area contributed by atoms with Gasteiger partial charge in [0.05, 0.1) is 20.9 Å². The first-order chi connectivity index (χ1) is 20.2. The summed E-state index contributed by atoms with van der Waals surface area (Å²) in [6.07, 6.45) is 0. The van der Waals surface area contributed by atoms with E-state index >= 15 is 0 Å². The first-order valence-corrected chi connectivity index (χ1v) is 13.0. The zero-order valence-electron chi connectivity index (χ0n) is 21.7. The van der Waals surface area contributed by atoms with Crippen molar-refractivity contribution in [1.82, 2.24) is 19.4 Å². The SMILES string of the molecule is CC#Cc1ccc(-c2nc3ccc([N+](=O)[O-])cc3n2O)cc1.O=[N+]([O-])c1ccc2nc(-c3ccc(Br)cc3)n(O)c2c1. The molecule has 6 aromatic rings. The lowest BCUT2D eigenvalue weighted by Gasteiger charge is -2.01. The average Bonchev–Trinajstić information content (AvgIpc) is 3.50. The lowest BCUT2D eigenvalue weighted by atomic mass is 10.1. The lowest BCUT2D eigenvalue weighted by Crippen LogP contribution is -1.95. The van der Waals surface area contributed by atoms with Crippen LogP contribution in [0, 0.1) is 32.1 Å². The molecule has 208 valence electrons. The monoisotopic (exact) mass is 626 g/mol. The second kappa shape index (κ2) is 11.4. The van der Waals surface area contributed by atoms with Crippen LogP contribution in [0.25, 0.3) is 44.8 Å². The largest absolute Gasteiger partial charge is 0.426 e. The summed E-state index contributed by atoms with van der Waals surface area (Å²) in [5.41, 5.74) is 3.67. The van der Waals surface area contributed by atoms with Crippen molar-refractivity contribution in [3.05, 3.63) is 115 Å². The number of nitro groups is 2. The first kappa shape index (κ1) is 27.8. The molecule has 0 aliphatic carbocycles. The first-order valence-electron chi connectivity index (χ1n) is 12.2. The Hall–Kier alpha value is -5.74. The van der Waals surface area contributed by atoms with E-state index in [0.29, 0.717) is 39.3 Å². The minimum absolute atomic E-state index is 0.0879. The fourth-order valence-electron chi connectivity index (χ4n) is 4.15. The third kappa shape index (κ3) is 5.47. The van der Waals surface area contributed by atoms with Crippen LogP contribution in [0.4, 0.5) is 11.4 Å². The predicted octanol–water partition coefficient (Wildman–Crippen LogP) is 6.83. The number of non-ortho nitro benzene ring substituents is 2. The van der Waals surface area contributed by atoms with E-state index in [4.69, 9.17) is 0 Å². The molecule has 2 aromatic heterocycles. The molecule has 13 heteroatoms. The highest BCUT2D eigenvalue weighted by Gasteiger charge is 2.17. The molecule has 4 aromatic carbocycles. The summed E-state index contributed by atoms with van der Waals surface area (Å²) >= 11 is 3.33. The number of nitro benzene ring substituents is 2. The summed E-state index contributed by atoms with van der Waals surface area (Å²) in [7, 11) is 0. The summed E-state index contributed by atoms with van der Waals surface area (Å²) in [6, 6.07) is 22.8. The Labute approximate surface area is 245 Å². The summed E-state index contributed by atoms with van der Waals surface area (Å²) in [6.45, 7) is 1.76. The smallest absolute Gasteiger partial charge is 0.271 e. The number of halogens is 1. The standard InChI is InChI=1S/C16H11N3O3.C13H8BrN3O3/c1-2-3-11-4-6-12(7-5-11)16-17-14-9-8-13(19(21)22)10-15(14)18(16)20;14-9-3-1-8(2-4-9)13-15-11-6-5-10(17(19)20)7-12(11)16(13)18/h4-10,20H,1H3;1-7,18H. The number of fused-ring (bicyclic) bond motifs is 2. The summed E-state index contributed by atoms with van der Waals surface area (Å²) < 4.78 is 2.64. The maximum Gasteiger partial charge on any atom is 0.271 e. The van der Waals surface area contributed by atoms with Crippen LogP contribution >= 0.6 is 15.9 Å². The highest BCUT2D eigenvalue weighted by atomic mass is 79.9. The Morgan fingerprint density at radius 1 is 0.714 bits per heavy atom. The number of hydrogen-bond donors (Lipinski definition) is 2. The topological polar surface area (TPSA) is 162 Å². The fourth-order valence-corrected chi connectivity index (χ4v) is 4.41. The molecule has 0 radical (unpaired) electrons. The zero-order valence-corrected chi connectivity index (χ0v) is 23.3. The van der Waals surface area contributed by atoms with Gasteiger partial charge in [-0.1, -0.05) is 34.0 Å². The third-order valence-electron chi connectivity index (χ3n) is 6.16. The average molecular weight is 627 g/mol. The molecule has 0 amide bonds. The van der Waals surface area contributed by atoms with E-state index in [-0.39, 0.29) is 11.4 Å². The molecule has 0 unspecified atom stereocenters. The van der Waals surface area contributed by atoms with Crippen LogP contribution in [0.3, 0.4) is 0 Å². The predicted molar refractivity (Wildman–Crippen MR) is 158 cm³/mol. The third-order valence-corrected chi connectivity index (χ3v) is 6.69. The Kier molecular flexibility index (Phi) is 7.55. The van der Waals surface area contributed by atoms with Crippen molar-refractivity contribution < 1.29 is 20.3 Å². The molecule has 0 spiro atoms. The highest BCUT2D eigenvalue weighted by Crippen LogP contribution is 2.28. The normalized spacial score (nSPS) is 10.5. The van der Waals surface area contributed by atoms with Crippen LogP contribution in [0.1, 0.15) is 12.5 Å². The zero-order chi connectivity index (χ0) is 30.0. The molecule has 0 bridgehead atoms. The molecule has 0 saturated heterocycles. The Balaban J connectivity index is 0.000000169. The van der Waals surface area contributed by atoms with Crippen molar-refractivity contribution in [3.63, 3.8) is 0 Å². The molecule has 0 aliphatic heterocycles. The fraction of sp³-hybridized carbons (Fsp3) is 0.0345. The molecular formula is C29H19BrN6O6. The summed E-state index contributed by atoms with van der Waals surface area (Å²) in [4.78, 5) is 29.2. The molecule has 0 atom stereocenters. The Morgan fingerprint density at radius 2 is 1.14 bits per heavy atom. The van der Waals surface area contributed by atoms with Crippen molar-refractivity contribution in [2.45, 2.75) is 6.92 Å². The van der Waals surface area contributed by atoms with E-state index in [1.165, 1.54) is 36.4 Å². The molecule has 0 fully saturated rings. The van der Waals surface area contributed by atoms with E-state index in [2.05, 4.69) is 37.7 Å². The molecule has 0 aliphatic rings. The van der Waals surface area contributed by atoms with Crippen LogP contribution < -0.4 is 0 Å². The van der Waals surface area contributed by atoms with E-state index in [1.54, 1.807) is 31.2 Å². The molecule has 0 saturated carbocycles. The number of imidazole rings is 2. The number of hydrogen-bond acceptors (Lipinski definition) is 8. The molecular weight excluding hydrogens is 608 g/mol. The highest BCUT2D eigenvalue weighted by molar-refractivity contribution is 9.10. The van der Waals surface area contributed by atoms with Gasteiger partial charge in [0, 0.05) is 45.4 Å². The maximum absolute atomic E-state index is 10.8. The van der Waals surface area contributed by atoms with Gasteiger partial charge in [0.15, 0.2) is 11.6 Å². The minimum atomic E-state index is -0.510. The van der Waals surface area contributed by atoms with Gasteiger partial charge >= 0.3 is 0 Å². The van der Waals surface area contributed by atoms with Gasteiger partial charge in [0.25, 0.3) is 11.4 Å². The van der Waals surface area contributed by atoms with Gasteiger partial charge in [0.1, 0.15) is 11.0 Å². The van der Waals surface area contributed by atoms with Gasteiger partial charge in [-0.05, 0) is 55.5 Å². The van der Waals surface area contributed by atoms with Crippen molar-refractivity contribution in [3.8, 4) is 34.6 Å².